The maximum Gasteiger partial charge on any atom is 0.310 e. The molecule has 4 heteroatoms. The largest absolute Gasteiger partial charge is 0.469 e. The molecular formula is C13H15NO2S. The van der Waals surface area contributed by atoms with Gasteiger partial charge < -0.3 is 4.74 Å². The molecule has 0 aliphatic carbocycles. The van der Waals surface area contributed by atoms with E-state index in [1.54, 1.807) is 11.3 Å². The van der Waals surface area contributed by atoms with Gasteiger partial charge in [0.1, 0.15) is 4.83 Å². The van der Waals surface area contributed by atoms with Crippen molar-refractivity contribution in [2.24, 2.45) is 0 Å². The Balaban J connectivity index is 2.58. The lowest BCUT2D eigenvalue weighted by Gasteiger charge is -2.09. The first kappa shape index (κ1) is 12.0. The number of carbonyl (C=O) groups is 1. The van der Waals surface area contributed by atoms with Gasteiger partial charge in [0, 0.05) is 16.0 Å². The SMILES string of the molecule is COC(=O)Cc1c(C)nc2sc(C)cc2c1C. The molecule has 0 atom stereocenters. The number of hydrogen-bond acceptors (Lipinski definition) is 4. The van der Waals surface area contributed by atoms with Crippen LogP contribution in [0.5, 0.6) is 0 Å². The highest BCUT2D eigenvalue weighted by atomic mass is 32.1. The van der Waals surface area contributed by atoms with Crippen molar-refractivity contribution in [3.63, 3.8) is 0 Å². The van der Waals surface area contributed by atoms with Gasteiger partial charge in [-0.05, 0) is 38.0 Å². The van der Waals surface area contributed by atoms with E-state index in [-0.39, 0.29) is 5.97 Å². The van der Waals surface area contributed by atoms with Crippen molar-refractivity contribution in [3.05, 3.63) is 27.8 Å². The molecule has 0 aliphatic heterocycles. The van der Waals surface area contributed by atoms with Crippen molar-refractivity contribution in [2.45, 2.75) is 27.2 Å². The van der Waals surface area contributed by atoms with Crippen LogP contribution in [0.4, 0.5) is 0 Å². The van der Waals surface area contributed by atoms with Crippen molar-refractivity contribution in [1.29, 1.82) is 0 Å². The first-order valence-corrected chi connectivity index (χ1v) is 6.27. The molecule has 0 N–H and O–H groups in total. The highest BCUT2D eigenvalue weighted by molar-refractivity contribution is 7.18. The predicted molar refractivity (Wildman–Crippen MR) is 69.6 cm³/mol. The van der Waals surface area contributed by atoms with Gasteiger partial charge in [-0.15, -0.1) is 11.3 Å². The first-order valence-electron chi connectivity index (χ1n) is 5.46. The Morgan fingerprint density at radius 2 is 2.12 bits per heavy atom. The van der Waals surface area contributed by atoms with E-state index in [1.807, 2.05) is 13.8 Å². The van der Waals surface area contributed by atoms with Crippen LogP contribution in [-0.4, -0.2) is 18.1 Å². The van der Waals surface area contributed by atoms with Gasteiger partial charge in [0.15, 0.2) is 0 Å². The summed E-state index contributed by atoms with van der Waals surface area (Å²) < 4.78 is 4.72. The number of carbonyl (C=O) groups excluding carboxylic acids is 1. The lowest BCUT2D eigenvalue weighted by Crippen LogP contribution is -2.08. The number of aromatic nitrogens is 1. The third-order valence-electron chi connectivity index (χ3n) is 2.95. The normalized spacial score (nSPS) is 10.8. The van der Waals surface area contributed by atoms with Crippen molar-refractivity contribution in [3.8, 4) is 0 Å². The first-order chi connectivity index (χ1) is 8.02. The van der Waals surface area contributed by atoms with Gasteiger partial charge in [-0.1, -0.05) is 0 Å². The maximum absolute atomic E-state index is 11.4. The van der Waals surface area contributed by atoms with Gasteiger partial charge in [0.05, 0.1) is 13.5 Å². The fourth-order valence-corrected chi connectivity index (χ4v) is 2.97. The summed E-state index contributed by atoms with van der Waals surface area (Å²) in [6.45, 7) is 6.06. The predicted octanol–water partition coefficient (Wildman–Crippen LogP) is 2.94. The minimum atomic E-state index is -0.218. The second kappa shape index (κ2) is 4.45. The molecule has 0 aromatic carbocycles. The number of methoxy groups -OCH3 is 1. The average Bonchev–Trinajstić information content (AvgIpc) is 2.64. The number of ether oxygens (including phenoxy) is 1. The van der Waals surface area contributed by atoms with E-state index in [0.717, 1.165) is 27.0 Å². The molecule has 0 radical (unpaired) electrons. The van der Waals surface area contributed by atoms with Crippen LogP contribution < -0.4 is 0 Å². The van der Waals surface area contributed by atoms with E-state index in [4.69, 9.17) is 4.74 Å². The minimum absolute atomic E-state index is 0.218. The van der Waals surface area contributed by atoms with Crippen LogP contribution in [0.3, 0.4) is 0 Å². The Kier molecular flexibility index (Phi) is 3.15. The lowest BCUT2D eigenvalue weighted by atomic mass is 10.0. The molecule has 0 saturated carbocycles. The van der Waals surface area contributed by atoms with Gasteiger partial charge in [-0.3, -0.25) is 4.79 Å². The molecule has 0 bridgehead atoms. The summed E-state index contributed by atoms with van der Waals surface area (Å²) in [6.07, 6.45) is 0.298. The number of hydrogen-bond donors (Lipinski definition) is 0. The molecule has 0 saturated heterocycles. The summed E-state index contributed by atoms with van der Waals surface area (Å²) >= 11 is 1.69. The van der Waals surface area contributed by atoms with E-state index < -0.39 is 0 Å². The molecule has 90 valence electrons. The number of aryl methyl sites for hydroxylation is 3. The molecule has 0 spiro atoms. The number of pyridine rings is 1. The van der Waals surface area contributed by atoms with Gasteiger partial charge in [-0.25, -0.2) is 4.98 Å². The van der Waals surface area contributed by atoms with Gasteiger partial charge in [0.2, 0.25) is 0 Å². The third kappa shape index (κ3) is 2.17. The molecule has 3 nitrogen and oxygen atoms in total. The van der Waals surface area contributed by atoms with Crippen LogP contribution in [0, 0.1) is 20.8 Å². The second-order valence-electron chi connectivity index (χ2n) is 4.13. The summed E-state index contributed by atoms with van der Waals surface area (Å²) in [6, 6.07) is 2.13. The van der Waals surface area contributed by atoms with E-state index in [2.05, 4.69) is 18.0 Å². The topological polar surface area (TPSA) is 39.2 Å². The number of nitrogens with zero attached hydrogens (tertiary/aromatic N) is 1. The number of rotatable bonds is 2. The van der Waals surface area contributed by atoms with Crippen LogP contribution in [0.1, 0.15) is 21.7 Å². The lowest BCUT2D eigenvalue weighted by molar-refractivity contribution is -0.139. The molecule has 0 fully saturated rings. The van der Waals surface area contributed by atoms with Crippen LogP contribution in [0.15, 0.2) is 6.07 Å². The van der Waals surface area contributed by atoms with Crippen molar-refractivity contribution in [2.75, 3.05) is 7.11 Å². The molecule has 0 unspecified atom stereocenters. The smallest absolute Gasteiger partial charge is 0.310 e. The van der Waals surface area contributed by atoms with Crippen molar-refractivity contribution in [1.82, 2.24) is 4.98 Å². The second-order valence-corrected chi connectivity index (χ2v) is 5.36. The standard InChI is InChI=1S/C13H15NO2S/c1-7-5-11-8(2)10(6-12(15)16-4)9(3)14-13(11)17-7/h5H,6H2,1-4H3. The minimum Gasteiger partial charge on any atom is -0.469 e. The Hall–Kier alpha value is -1.42. The van der Waals surface area contributed by atoms with Crippen LogP contribution in [0.2, 0.25) is 0 Å². The monoisotopic (exact) mass is 249 g/mol. The van der Waals surface area contributed by atoms with E-state index in [9.17, 15) is 4.79 Å². The van der Waals surface area contributed by atoms with E-state index >= 15 is 0 Å². The Bertz CT molecular complexity index is 587. The van der Waals surface area contributed by atoms with Crippen LogP contribution >= 0.6 is 11.3 Å². The van der Waals surface area contributed by atoms with E-state index in [0.29, 0.717) is 6.42 Å². The van der Waals surface area contributed by atoms with Gasteiger partial charge in [0.25, 0.3) is 0 Å². The summed E-state index contributed by atoms with van der Waals surface area (Å²) in [7, 11) is 1.41. The Labute approximate surface area is 104 Å². The van der Waals surface area contributed by atoms with Gasteiger partial charge in [-0.2, -0.15) is 0 Å². The van der Waals surface area contributed by atoms with Crippen molar-refractivity contribution >= 4 is 27.5 Å². The Morgan fingerprint density at radius 1 is 1.41 bits per heavy atom. The third-order valence-corrected chi connectivity index (χ3v) is 3.89. The number of thiophene rings is 1. The van der Waals surface area contributed by atoms with Crippen molar-refractivity contribution < 1.29 is 9.53 Å². The molecule has 2 heterocycles. The molecule has 0 amide bonds. The number of esters is 1. The zero-order chi connectivity index (χ0) is 12.6. The molecule has 2 aromatic rings. The fourth-order valence-electron chi connectivity index (χ4n) is 1.98. The highest BCUT2D eigenvalue weighted by Crippen LogP contribution is 2.29. The maximum atomic E-state index is 11.4. The molecule has 0 aliphatic rings. The Morgan fingerprint density at radius 3 is 2.76 bits per heavy atom. The zero-order valence-corrected chi connectivity index (χ0v) is 11.3. The summed E-state index contributed by atoms with van der Waals surface area (Å²) in [5.74, 6) is -0.218. The van der Waals surface area contributed by atoms with E-state index in [1.165, 1.54) is 12.0 Å². The van der Waals surface area contributed by atoms with Crippen LogP contribution in [0.25, 0.3) is 10.2 Å². The molecule has 2 rings (SSSR count). The molecule has 2 aromatic heterocycles. The summed E-state index contributed by atoms with van der Waals surface area (Å²) in [5, 5.41) is 1.15. The molecule has 17 heavy (non-hydrogen) atoms. The average molecular weight is 249 g/mol. The highest BCUT2D eigenvalue weighted by Gasteiger charge is 2.14. The zero-order valence-electron chi connectivity index (χ0n) is 10.5. The number of fused-ring (bicyclic) bond motifs is 1. The summed E-state index contributed by atoms with van der Waals surface area (Å²) in [5.41, 5.74) is 3.05. The quantitative estimate of drug-likeness (QED) is 0.768. The van der Waals surface area contributed by atoms with Gasteiger partial charge >= 0.3 is 5.97 Å². The summed E-state index contributed by atoms with van der Waals surface area (Å²) in [4.78, 5) is 18.2. The fraction of sp³-hybridized carbons (Fsp3) is 0.385. The molecular weight excluding hydrogens is 234 g/mol. The van der Waals surface area contributed by atoms with Crippen LogP contribution in [-0.2, 0) is 16.0 Å².